The quantitative estimate of drug-likeness (QED) is 0.745. The predicted molar refractivity (Wildman–Crippen MR) is 105 cm³/mol. The predicted octanol–water partition coefficient (Wildman–Crippen LogP) is 3.10. The molecule has 1 fully saturated rings. The van der Waals surface area contributed by atoms with Crippen LogP contribution in [0.25, 0.3) is 0 Å². The first-order valence-electron chi connectivity index (χ1n) is 8.24. The molecule has 0 spiro atoms. The van der Waals surface area contributed by atoms with Crippen molar-refractivity contribution in [1.82, 2.24) is 20.4 Å². The zero-order chi connectivity index (χ0) is 17.2. The number of carbonyl (C=O) groups excluding carboxylic acids is 1. The van der Waals surface area contributed by atoms with Crippen molar-refractivity contribution < 1.29 is 4.79 Å². The molecule has 25 heavy (non-hydrogen) atoms. The first-order valence-corrected chi connectivity index (χ1v) is 9.03. The number of nitrogens with one attached hydrogen (secondary N) is 2. The molecule has 1 aliphatic rings. The van der Waals surface area contributed by atoms with Crippen molar-refractivity contribution in [1.29, 1.82) is 0 Å². The Hall–Kier alpha value is -1.37. The van der Waals surface area contributed by atoms with Crippen molar-refractivity contribution in [3.05, 3.63) is 52.3 Å². The number of benzene rings is 1. The van der Waals surface area contributed by atoms with E-state index in [4.69, 9.17) is 0 Å². The van der Waals surface area contributed by atoms with Crippen LogP contribution in [0.4, 0.5) is 0 Å². The van der Waals surface area contributed by atoms with Crippen LogP contribution in [0.15, 0.2) is 41.1 Å². The van der Waals surface area contributed by atoms with Gasteiger partial charge in [0.15, 0.2) is 0 Å². The Balaban J connectivity index is 0.00000225. The number of hydrogen-bond donors (Lipinski definition) is 2. The summed E-state index contributed by atoms with van der Waals surface area (Å²) in [4.78, 5) is 12.6. The lowest BCUT2D eigenvalue weighted by Gasteiger charge is -2.43. The summed E-state index contributed by atoms with van der Waals surface area (Å²) >= 11 is 3.55. The lowest BCUT2D eigenvalue weighted by atomic mass is 9.64. The number of likely N-dealkylation sites (N-methyl/N-ethyl adjacent to an activating group) is 1. The van der Waals surface area contributed by atoms with E-state index in [1.165, 1.54) is 12.0 Å². The second kappa shape index (κ2) is 8.34. The van der Waals surface area contributed by atoms with E-state index in [9.17, 15) is 4.79 Å². The SMILES string of the molecule is CNC(C(=O)NCC1(c2cccc(Br)c2)CCC1)c1cnn(C)c1.Cl. The second-order valence-corrected chi connectivity index (χ2v) is 7.45. The minimum absolute atomic E-state index is 0. The Morgan fingerprint density at radius 3 is 2.72 bits per heavy atom. The Morgan fingerprint density at radius 1 is 1.44 bits per heavy atom. The summed E-state index contributed by atoms with van der Waals surface area (Å²) in [6.45, 7) is 0.667. The first-order chi connectivity index (χ1) is 11.5. The van der Waals surface area contributed by atoms with Crippen molar-refractivity contribution >= 4 is 34.2 Å². The number of rotatable bonds is 6. The maximum absolute atomic E-state index is 12.6. The first kappa shape index (κ1) is 19.9. The molecule has 2 N–H and O–H groups in total. The average molecular weight is 428 g/mol. The molecule has 5 nitrogen and oxygen atoms in total. The second-order valence-electron chi connectivity index (χ2n) is 6.53. The van der Waals surface area contributed by atoms with Crippen LogP contribution in [0.3, 0.4) is 0 Å². The van der Waals surface area contributed by atoms with Crippen LogP contribution in [0.5, 0.6) is 0 Å². The van der Waals surface area contributed by atoms with Crippen molar-refractivity contribution in [2.45, 2.75) is 30.7 Å². The third kappa shape index (κ3) is 4.25. The molecule has 0 aliphatic heterocycles. The molecule has 1 aromatic heterocycles. The van der Waals surface area contributed by atoms with Crippen molar-refractivity contribution in [3.63, 3.8) is 0 Å². The molecule has 1 atom stereocenters. The number of nitrogens with zero attached hydrogens (tertiary/aromatic N) is 2. The summed E-state index contributed by atoms with van der Waals surface area (Å²) in [5.74, 6) is -0.00762. The molecule has 0 radical (unpaired) electrons. The lowest BCUT2D eigenvalue weighted by molar-refractivity contribution is -0.123. The fraction of sp³-hybridized carbons (Fsp3) is 0.444. The summed E-state index contributed by atoms with van der Waals surface area (Å²) in [5.41, 5.74) is 2.24. The van der Waals surface area contributed by atoms with Crippen molar-refractivity contribution in [2.75, 3.05) is 13.6 Å². The van der Waals surface area contributed by atoms with E-state index < -0.39 is 0 Å². The Kier molecular flexibility index (Phi) is 6.65. The Morgan fingerprint density at radius 2 is 2.20 bits per heavy atom. The largest absolute Gasteiger partial charge is 0.354 e. The summed E-state index contributed by atoms with van der Waals surface area (Å²) in [5, 5.41) is 10.4. The van der Waals surface area contributed by atoms with Gasteiger partial charge in [0.2, 0.25) is 5.91 Å². The summed E-state index contributed by atoms with van der Waals surface area (Å²) < 4.78 is 2.79. The molecule has 3 rings (SSSR count). The smallest absolute Gasteiger partial charge is 0.241 e. The number of halogens is 2. The van der Waals surface area contributed by atoms with Crippen LogP contribution in [0, 0.1) is 0 Å². The number of amides is 1. The van der Waals surface area contributed by atoms with Gasteiger partial charge in [0.1, 0.15) is 6.04 Å². The minimum Gasteiger partial charge on any atom is -0.354 e. The molecule has 1 aromatic carbocycles. The molecule has 7 heteroatoms. The number of carbonyl (C=O) groups is 1. The summed E-state index contributed by atoms with van der Waals surface area (Å²) in [6.07, 6.45) is 7.03. The number of hydrogen-bond acceptors (Lipinski definition) is 3. The van der Waals surface area contributed by atoms with Gasteiger partial charge in [0.05, 0.1) is 6.20 Å². The summed E-state index contributed by atoms with van der Waals surface area (Å²) in [6, 6.07) is 8.05. The van der Waals surface area contributed by atoms with E-state index >= 15 is 0 Å². The fourth-order valence-corrected chi connectivity index (χ4v) is 3.79. The van der Waals surface area contributed by atoms with E-state index in [0.717, 1.165) is 22.9 Å². The number of aryl methyl sites for hydroxylation is 1. The fourth-order valence-electron chi connectivity index (χ4n) is 3.39. The van der Waals surface area contributed by atoms with Crippen LogP contribution >= 0.6 is 28.3 Å². The summed E-state index contributed by atoms with van der Waals surface area (Å²) in [7, 11) is 3.65. The highest BCUT2D eigenvalue weighted by atomic mass is 79.9. The van der Waals surface area contributed by atoms with E-state index in [0.29, 0.717) is 6.54 Å². The maximum Gasteiger partial charge on any atom is 0.241 e. The molecule has 1 saturated carbocycles. The van der Waals surface area contributed by atoms with Gasteiger partial charge in [-0.3, -0.25) is 9.48 Å². The van der Waals surface area contributed by atoms with Crippen LogP contribution in [-0.4, -0.2) is 29.3 Å². The zero-order valence-corrected chi connectivity index (χ0v) is 16.9. The highest BCUT2D eigenvalue weighted by molar-refractivity contribution is 9.10. The van der Waals surface area contributed by atoms with Gasteiger partial charge in [0, 0.05) is 35.2 Å². The normalized spacial score (nSPS) is 16.4. The van der Waals surface area contributed by atoms with Gasteiger partial charge >= 0.3 is 0 Å². The zero-order valence-electron chi connectivity index (χ0n) is 14.5. The molecular weight excluding hydrogens is 404 g/mol. The molecule has 1 heterocycles. The molecular formula is C18H24BrClN4O. The van der Waals surface area contributed by atoms with Gasteiger partial charge in [-0.25, -0.2) is 0 Å². The highest BCUT2D eigenvalue weighted by Gasteiger charge is 2.39. The van der Waals surface area contributed by atoms with E-state index in [2.05, 4.69) is 49.9 Å². The van der Waals surface area contributed by atoms with Crippen LogP contribution in [-0.2, 0) is 17.3 Å². The molecule has 0 saturated heterocycles. The standard InChI is InChI=1S/C18H23BrN4O.ClH/c1-20-16(13-10-22-23(2)11-13)17(24)21-12-18(7-4-8-18)14-5-3-6-15(19)9-14;/h3,5-6,9-11,16,20H,4,7-8,12H2,1-2H3,(H,21,24);1H. The molecule has 2 aromatic rings. The molecule has 1 aliphatic carbocycles. The average Bonchev–Trinajstić information content (AvgIpc) is 2.93. The van der Waals surface area contributed by atoms with Crippen molar-refractivity contribution in [2.24, 2.45) is 7.05 Å². The maximum atomic E-state index is 12.6. The number of aromatic nitrogens is 2. The van der Waals surface area contributed by atoms with Crippen LogP contribution < -0.4 is 10.6 Å². The monoisotopic (exact) mass is 426 g/mol. The van der Waals surface area contributed by atoms with Gasteiger partial charge < -0.3 is 10.6 Å². The third-order valence-corrected chi connectivity index (χ3v) is 5.45. The minimum atomic E-state index is -0.377. The molecule has 136 valence electrons. The molecule has 0 bridgehead atoms. The third-order valence-electron chi connectivity index (χ3n) is 4.96. The van der Waals surface area contributed by atoms with Gasteiger partial charge in [-0.05, 0) is 37.6 Å². The van der Waals surface area contributed by atoms with Crippen LogP contribution in [0.2, 0.25) is 0 Å². The van der Waals surface area contributed by atoms with Crippen LogP contribution in [0.1, 0.15) is 36.4 Å². The topological polar surface area (TPSA) is 59.0 Å². The van der Waals surface area contributed by atoms with Crippen molar-refractivity contribution in [3.8, 4) is 0 Å². The van der Waals surface area contributed by atoms with E-state index in [1.54, 1.807) is 17.9 Å². The van der Waals surface area contributed by atoms with E-state index in [1.807, 2.05) is 19.3 Å². The van der Waals surface area contributed by atoms with Gasteiger partial charge in [-0.2, -0.15) is 5.10 Å². The van der Waals surface area contributed by atoms with Gasteiger partial charge in [0.25, 0.3) is 0 Å². The molecule has 1 amide bonds. The van der Waals surface area contributed by atoms with E-state index in [-0.39, 0.29) is 29.8 Å². The Bertz CT molecular complexity index is 729. The van der Waals surface area contributed by atoms with Gasteiger partial charge in [-0.1, -0.05) is 34.5 Å². The highest BCUT2D eigenvalue weighted by Crippen LogP contribution is 2.43. The molecule has 1 unspecified atom stereocenters. The Labute approximate surface area is 163 Å². The lowest BCUT2D eigenvalue weighted by Crippen LogP contribution is -2.47. The van der Waals surface area contributed by atoms with Gasteiger partial charge in [-0.15, -0.1) is 12.4 Å².